The third-order valence-corrected chi connectivity index (χ3v) is 1.51. The molecule has 0 aliphatic carbocycles. The lowest BCUT2D eigenvalue weighted by molar-refractivity contribution is -0.122. The number of hydrogen-bond acceptors (Lipinski definition) is 2. The Morgan fingerprint density at radius 3 is 2.20 bits per heavy atom. The second-order valence-corrected chi connectivity index (χ2v) is 3.20. The van der Waals surface area contributed by atoms with Gasteiger partial charge in [0.25, 0.3) is 0 Å². The van der Waals surface area contributed by atoms with Gasteiger partial charge in [-0.15, -0.1) is 0 Å². The minimum absolute atomic E-state index is 0.0439. The smallest absolute Gasteiger partial charge is 0.137 e. The Bertz CT molecular complexity index is 110. The Morgan fingerprint density at radius 2 is 1.90 bits per heavy atom. The van der Waals surface area contributed by atoms with Crippen LogP contribution in [0.3, 0.4) is 0 Å². The first-order chi connectivity index (χ1) is 4.57. The van der Waals surface area contributed by atoms with Gasteiger partial charge in [-0.25, -0.2) is 0 Å². The molecule has 0 rings (SSSR count). The number of ketones is 1. The summed E-state index contributed by atoms with van der Waals surface area (Å²) in [5.74, 6) is 0.793. The average molecular weight is 143 g/mol. The quantitative estimate of drug-likeness (QED) is 0.642. The third kappa shape index (κ3) is 3.62. The molecule has 0 amide bonds. The first kappa shape index (κ1) is 9.63. The number of rotatable bonds is 4. The summed E-state index contributed by atoms with van der Waals surface area (Å²) in [5.41, 5.74) is 5.33. The van der Waals surface area contributed by atoms with Crippen LogP contribution in [-0.2, 0) is 4.79 Å². The SMILES string of the molecule is CC(C)CC(=O)C(C)CN. The molecule has 1 atom stereocenters. The summed E-state index contributed by atoms with van der Waals surface area (Å²) in [6, 6.07) is 0. The predicted octanol–water partition coefficient (Wildman–Crippen LogP) is 1.20. The lowest BCUT2D eigenvalue weighted by atomic mass is 9.98. The van der Waals surface area contributed by atoms with Crippen LogP contribution in [0.2, 0.25) is 0 Å². The molecule has 60 valence electrons. The van der Waals surface area contributed by atoms with Crippen molar-refractivity contribution in [1.29, 1.82) is 0 Å². The molecule has 0 saturated heterocycles. The Kier molecular flexibility index (Phi) is 4.28. The molecular weight excluding hydrogens is 126 g/mol. The number of carbonyl (C=O) groups excluding carboxylic acids is 1. The van der Waals surface area contributed by atoms with Gasteiger partial charge in [-0.2, -0.15) is 0 Å². The second-order valence-electron chi connectivity index (χ2n) is 3.20. The lowest BCUT2D eigenvalue weighted by Gasteiger charge is -2.08. The molecule has 0 aromatic rings. The van der Waals surface area contributed by atoms with Gasteiger partial charge in [0.2, 0.25) is 0 Å². The Hall–Kier alpha value is -0.370. The van der Waals surface area contributed by atoms with E-state index in [1.807, 2.05) is 20.8 Å². The molecule has 0 bridgehead atoms. The summed E-state index contributed by atoms with van der Waals surface area (Å²) in [4.78, 5) is 11.1. The summed E-state index contributed by atoms with van der Waals surface area (Å²) >= 11 is 0. The topological polar surface area (TPSA) is 43.1 Å². The first-order valence-corrected chi connectivity index (χ1v) is 3.80. The van der Waals surface area contributed by atoms with Crippen LogP contribution in [0.25, 0.3) is 0 Å². The van der Waals surface area contributed by atoms with Gasteiger partial charge in [-0.3, -0.25) is 4.79 Å². The van der Waals surface area contributed by atoms with E-state index >= 15 is 0 Å². The van der Waals surface area contributed by atoms with Crippen molar-refractivity contribution in [2.45, 2.75) is 27.2 Å². The number of carbonyl (C=O) groups is 1. The highest BCUT2D eigenvalue weighted by molar-refractivity contribution is 5.80. The fourth-order valence-corrected chi connectivity index (χ4v) is 0.735. The second kappa shape index (κ2) is 4.45. The minimum Gasteiger partial charge on any atom is -0.330 e. The highest BCUT2D eigenvalue weighted by Crippen LogP contribution is 2.05. The number of nitrogens with two attached hydrogens (primary N) is 1. The maximum atomic E-state index is 11.1. The van der Waals surface area contributed by atoms with Crippen LogP contribution in [-0.4, -0.2) is 12.3 Å². The summed E-state index contributed by atoms with van der Waals surface area (Å²) in [6.45, 7) is 6.44. The zero-order chi connectivity index (χ0) is 8.15. The molecule has 0 aromatic heterocycles. The van der Waals surface area contributed by atoms with E-state index in [2.05, 4.69) is 0 Å². The highest BCUT2D eigenvalue weighted by Gasteiger charge is 2.11. The predicted molar refractivity (Wildman–Crippen MR) is 42.7 cm³/mol. The van der Waals surface area contributed by atoms with Crippen LogP contribution < -0.4 is 5.73 Å². The van der Waals surface area contributed by atoms with Crippen molar-refractivity contribution in [2.75, 3.05) is 6.54 Å². The van der Waals surface area contributed by atoms with E-state index < -0.39 is 0 Å². The molecule has 0 fully saturated rings. The van der Waals surface area contributed by atoms with Crippen molar-refractivity contribution >= 4 is 5.78 Å². The molecule has 2 nitrogen and oxygen atoms in total. The van der Waals surface area contributed by atoms with Crippen molar-refractivity contribution in [3.05, 3.63) is 0 Å². The standard InChI is InChI=1S/C8H17NO/c1-6(2)4-8(10)7(3)5-9/h6-7H,4-5,9H2,1-3H3. The molecular formula is C8H17NO. The van der Waals surface area contributed by atoms with Gasteiger partial charge in [0.1, 0.15) is 5.78 Å². The van der Waals surface area contributed by atoms with Crippen LogP contribution in [0.4, 0.5) is 0 Å². The normalized spacial score (nSPS) is 13.7. The molecule has 0 saturated carbocycles. The Labute approximate surface area is 62.8 Å². The van der Waals surface area contributed by atoms with E-state index in [-0.39, 0.29) is 11.7 Å². The molecule has 0 radical (unpaired) electrons. The third-order valence-electron chi connectivity index (χ3n) is 1.51. The molecule has 0 aliphatic rings. The van der Waals surface area contributed by atoms with Crippen molar-refractivity contribution in [2.24, 2.45) is 17.6 Å². The maximum Gasteiger partial charge on any atom is 0.137 e. The fourth-order valence-electron chi connectivity index (χ4n) is 0.735. The fraction of sp³-hybridized carbons (Fsp3) is 0.875. The summed E-state index contributed by atoms with van der Waals surface area (Å²) in [7, 11) is 0. The molecule has 0 heterocycles. The largest absolute Gasteiger partial charge is 0.330 e. The van der Waals surface area contributed by atoms with E-state index in [0.717, 1.165) is 0 Å². The number of Topliss-reactive ketones (excluding diaryl/α,β-unsaturated/α-hetero) is 1. The Morgan fingerprint density at radius 1 is 1.40 bits per heavy atom. The highest BCUT2D eigenvalue weighted by atomic mass is 16.1. The van der Waals surface area contributed by atoms with Gasteiger partial charge in [0, 0.05) is 18.9 Å². The van der Waals surface area contributed by atoms with Crippen molar-refractivity contribution in [1.82, 2.24) is 0 Å². The van der Waals surface area contributed by atoms with Crippen LogP contribution in [0.15, 0.2) is 0 Å². The van der Waals surface area contributed by atoms with Gasteiger partial charge >= 0.3 is 0 Å². The molecule has 0 spiro atoms. The molecule has 10 heavy (non-hydrogen) atoms. The van der Waals surface area contributed by atoms with E-state index in [4.69, 9.17) is 5.73 Å². The monoisotopic (exact) mass is 143 g/mol. The summed E-state index contributed by atoms with van der Waals surface area (Å²) < 4.78 is 0. The zero-order valence-corrected chi connectivity index (χ0v) is 7.05. The molecule has 0 aromatic carbocycles. The van der Waals surface area contributed by atoms with Gasteiger partial charge in [-0.1, -0.05) is 20.8 Å². The molecule has 0 aliphatic heterocycles. The van der Waals surface area contributed by atoms with Crippen molar-refractivity contribution in [3.8, 4) is 0 Å². The molecule has 1 unspecified atom stereocenters. The van der Waals surface area contributed by atoms with Crippen molar-refractivity contribution < 1.29 is 4.79 Å². The van der Waals surface area contributed by atoms with E-state index in [0.29, 0.717) is 18.9 Å². The molecule has 2 heteroatoms. The summed E-state index contributed by atoms with van der Waals surface area (Å²) in [5, 5.41) is 0. The van der Waals surface area contributed by atoms with E-state index in [9.17, 15) is 4.79 Å². The van der Waals surface area contributed by atoms with Crippen LogP contribution in [0.5, 0.6) is 0 Å². The average Bonchev–Trinajstić information content (AvgIpc) is 1.85. The first-order valence-electron chi connectivity index (χ1n) is 3.80. The van der Waals surface area contributed by atoms with Crippen LogP contribution in [0.1, 0.15) is 27.2 Å². The number of hydrogen-bond donors (Lipinski definition) is 1. The van der Waals surface area contributed by atoms with Gasteiger partial charge < -0.3 is 5.73 Å². The summed E-state index contributed by atoms with van der Waals surface area (Å²) in [6.07, 6.45) is 0.665. The maximum absolute atomic E-state index is 11.1. The van der Waals surface area contributed by atoms with Crippen LogP contribution >= 0.6 is 0 Å². The molecule has 2 N–H and O–H groups in total. The zero-order valence-electron chi connectivity index (χ0n) is 7.05. The lowest BCUT2D eigenvalue weighted by Crippen LogP contribution is -2.21. The van der Waals surface area contributed by atoms with Gasteiger partial charge in [-0.05, 0) is 5.92 Å². The van der Waals surface area contributed by atoms with Crippen LogP contribution in [0, 0.1) is 11.8 Å². The van der Waals surface area contributed by atoms with E-state index in [1.165, 1.54) is 0 Å². The van der Waals surface area contributed by atoms with E-state index in [1.54, 1.807) is 0 Å². The van der Waals surface area contributed by atoms with Gasteiger partial charge in [0.05, 0.1) is 0 Å². The van der Waals surface area contributed by atoms with Gasteiger partial charge in [0.15, 0.2) is 0 Å². The minimum atomic E-state index is 0.0439. The Balaban J connectivity index is 3.62. The van der Waals surface area contributed by atoms with Crippen molar-refractivity contribution in [3.63, 3.8) is 0 Å².